The Hall–Kier alpha value is -3.88. The SMILES string of the molecule is COCCCc1cc(NC(=O)N2CCCc3cc(CNC(=O)[C@H]4CCOC4)c(C=O)nc32)ncc1C#N. The molecular weight excluding hydrogens is 476 g/mol. The Balaban J connectivity index is 1.49. The quantitative estimate of drug-likeness (QED) is 0.389. The fraction of sp³-hybridized carbons (Fsp3) is 0.462. The first kappa shape index (κ1) is 26.2. The molecule has 194 valence electrons. The smallest absolute Gasteiger partial charge is 0.328 e. The number of nitriles is 1. The molecule has 1 fully saturated rings. The van der Waals surface area contributed by atoms with E-state index in [1.54, 1.807) is 13.2 Å². The van der Waals surface area contributed by atoms with Gasteiger partial charge < -0.3 is 14.8 Å². The zero-order chi connectivity index (χ0) is 26.2. The van der Waals surface area contributed by atoms with E-state index in [2.05, 4.69) is 26.7 Å². The molecule has 0 bridgehead atoms. The van der Waals surface area contributed by atoms with Gasteiger partial charge in [-0.1, -0.05) is 0 Å². The number of carbonyl (C=O) groups excluding carboxylic acids is 3. The number of nitrogens with zero attached hydrogens (tertiary/aromatic N) is 4. The number of carbonyl (C=O) groups is 3. The van der Waals surface area contributed by atoms with Crippen molar-refractivity contribution in [1.29, 1.82) is 5.26 Å². The van der Waals surface area contributed by atoms with Crippen LogP contribution >= 0.6 is 0 Å². The monoisotopic (exact) mass is 506 g/mol. The minimum atomic E-state index is -0.423. The molecule has 1 saturated heterocycles. The first-order chi connectivity index (χ1) is 18.0. The topological polar surface area (TPSA) is 147 Å². The van der Waals surface area contributed by atoms with Gasteiger partial charge in [-0.2, -0.15) is 5.26 Å². The van der Waals surface area contributed by atoms with Gasteiger partial charge in [0.15, 0.2) is 6.29 Å². The number of rotatable bonds is 9. The summed E-state index contributed by atoms with van der Waals surface area (Å²) >= 11 is 0. The molecule has 2 aromatic heterocycles. The van der Waals surface area contributed by atoms with Gasteiger partial charge >= 0.3 is 6.03 Å². The Morgan fingerprint density at radius 1 is 1.35 bits per heavy atom. The highest BCUT2D eigenvalue weighted by atomic mass is 16.5. The van der Waals surface area contributed by atoms with Crippen molar-refractivity contribution in [2.45, 2.75) is 38.6 Å². The van der Waals surface area contributed by atoms with Gasteiger partial charge in [-0.05, 0) is 55.4 Å². The van der Waals surface area contributed by atoms with Gasteiger partial charge in [0.25, 0.3) is 0 Å². The van der Waals surface area contributed by atoms with Crippen LogP contribution in [0.5, 0.6) is 0 Å². The van der Waals surface area contributed by atoms with Crippen LogP contribution in [0.25, 0.3) is 0 Å². The molecule has 4 rings (SSSR count). The molecule has 1 atom stereocenters. The highest BCUT2D eigenvalue weighted by Crippen LogP contribution is 2.28. The summed E-state index contributed by atoms with van der Waals surface area (Å²) in [6.45, 7) is 2.14. The van der Waals surface area contributed by atoms with E-state index >= 15 is 0 Å². The van der Waals surface area contributed by atoms with Crippen LogP contribution in [-0.2, 0) is 33.7 Å². The zero-order valence-corrected chi connectivity index (χ0v) is 20.8. The number of pyridine rings is 2. The lowest BCUT2D eigenvalue weighted by Crippen LogP contribution is -2.40. The molecule has 3 amide bonds. The van der Waals surface area contributed by atoms with Crippen molar-refractivity contribution in [3.63, 3.8) is 0 Å². The van der Waals surface area contributed by atoms with Gasteiger partial charge in [0.1, 0.15) is 23.4 Å². The minimum Gasteiger partial charge on any atom is -0.385 e. The molecule has 2 aliphatic heterocycles. The van der Waals surface area contributed by atoms with Crippen molar-refractivity contribution in [3.05, 3.63) is 46.3 Å². The van der Waals surface area contributed by atoms with Gasteiger partial charge in [0, 0.05) is 45.2 Å². The Labute approximate surface area is 215 Å². The number of aryl methyl sites for hydroxylation is 2. The summed E-state index contributed by atoms with van der Waals surface area (Å²) in [5, 5.41) is 15.0. The molecule has 0 spiro atoms. The lowest BCUT2D eigenvalue weighted by atomic mass is 10.0. The van der Waals surface area contributed by atoms with Crippen molar-refractivity contribution in [2.24, 2.45) is 5.92 Å². The summed E-state index contributed by atoms with van der Waals surface area (Å²) < 4.78 is 10.4. The first-order valence-electron chi connectivity index (χ1n) is 12.3. The summed E-state index contributed by atoms with van der Waals surface area (Å²) in [6.07, 6.45) is 5.53. The standard InChI is InChI=1S/C26H30N6O5/c1-36-8-3-5-17-11-23(28-14-21(17)12-27)31-26(35)32-7-2-4-18-10-20(22(15-33)30-24(18)32)13-29-25(34)19-6-9-37-16-19/h10-11,14-15,19H,2-9,13,16H2,1H3,(H,29,34)(H,28,31,35)/t19-/m0/s1. The van der Waals surface area contributed by atoms with E-state index in [4.69, 9.17) is 9.47 Å². The van der Waals surface area contributed by atoms with E-state index in [1.807, 2.05) is 6.07 Å². The molecule has 0 aliphatic carbocycles. The van der Waals surface area contributed by atoms with Gasteiger partial charge in [0.05, 0.1) is 18.1 Å². The molecule has 4 heterocycles. The van der Waals surface area contributed by atoms with E-state index in [0.29, 0.717) is 74.7 Å². The molecule has 11 heteroatoms. The number of amides is 3. The second kappa shape index (κ2) is 12.4. The van der Waals surface area contributed by atoms with Crippen LogP contribution in [0.3, 0.4) is 0 Å². The Bertz CT molecular complexity index is 1200. The number of methoxy groups -OCH3 is 1. The van der Waals surface area contributed by atoms with Crippen molar-refractivity contribution in [3.8, 4) is 6.07 Å². The van der Waals surface area contributed by atoms with Gasteiger partial charge in [-0.15, -0.1) is 0 Å². The molecule has 0 radical (unpaired) electrons. The van der Waals surface area contributed by atoms with Crippen LogP contribution in [-0.4, -0.2) is 61.7 Å². The Morgan fingerprint density at radius 3 is 2.95 bits per heavy atom. The van der Waals surface area contributed by atoms with Gasteiger partial charge in [-0.25, -0.2) is 14.8 Å². The van der Waals surface area contributed by atoms with Gasteiger partial charge in [0.2, 0.25) is 5.91 Å². The fourth-order valence-electron chi connectivity index (χ4n) is 4.52. The number of ether oxygens (including phenoxy) is 2. The number of hydrogen-bond donors (Lipinski definition) is 2. The van der Waals surface area contributed by atoms with Crippen molar-refractivity contribution in [2.75, 3.05) is 43.7 Å². The maximum Gasteiger partial charge on any atom is 0.328 e. The van der Waals surface area contributed by atoms with Crippen molar-refractivity contribution in [1.82, 2.24) is 15.3 Å². The summed E-state index contributed by atoms with van der Waals surface area (Å²) in [5.41, 5.74) is 2.85. The molecule has 0 aromatic carbocycles. The summed E-state index contributed by atoms with van der Waals surface area (Å²) in [6, 6.07) is 5.24. The molecule has 2 N–H and O–H groups in total. The average molecular weight is 507 g/mol. The molecule has 0 saturated carbocycles. The highest BCUT2D eigenvalue weighted by Gasteiger charge is 2.27. The third-order valence-corrected chi connectivity index (χ3v) is 6.52. The maximum atomic E-state index is 13.2. The van der Waals surface area contributed by atoms with Crippen LogP contribution in [0.2, 0.25) is 0 Å². The van der Waals surface area contributed by atoms with E-state index in [9.17, 15) is 19.6 Å². The number of aldehydes is 1. The fourth-order valence-corrected chi connectivity index (χ4v) is 4.52. The summed E-state index contributed by atoms with van der Waals surface area (Å²) in [7, 11) is 1.62. The molecule has 2 aromatic rings. The zero-order valence-electron chi connectivity index (χ0n) is 20.8. The first-order valence-corrected chi connectivity index (χ1v) is 12.3. The van der Waals surface area contributed by atoms with Crippen molar-refractivity contribution < 1.29 is 23.9 Å². The third kappa shape index (κ3) is 6.28. The molecule has 11 nitrogen and oxygen atoms in total. The van der Waals surface area contributed by atoms with E-state index in [1.165, 1.54) is 11.1 Å². The van der Waals surface area contributed by atoms with Crippen molar-refractivity contribution >= 4 is 29.9 Å². The second-order valence-electron chi connectivity index (χ2n) is 9.03. The Morgan fingerprint density at radius 2 is 2.22 bits per heavy atom. The predicted molar refractivity (Wildman–Crippen MR) is 134 cm³/mol. The molecule has 2 aliphatic rings. The van der Waals surface area contributed by atoms with Crippen LogP contribution in [0.1, 0.15) is 52.0 Å². The van der Waals surface area contributed by atoms with Crippen LogP contribution in [0, 0.1) is 17.2 Å². The predicted octanol–water partition coefficient (Wildman–Crippen LogP) is 2.38. The second-order valence-corrected chi connectivity index (χ2v) is 9.03. The largest absolute Gasteiger partial charge is 0.385 e. The lowest BCUT2D eigenvalue weighted by molar-refractivity contribution is -0.125. The number of anilines is 2. The molecule has 0 unspecified atom stereocenters. The number of hydrogen-bond acceptors (Lipinski definition) is 8. The number of fused-ring (bicyclic) bond motifs is 1. The number of nitrogens with one attached hydrogen (secondary N) is 2. The summed E-state index contributed by atoms with van der Waals surface area (Å²) in [4.78, 5) is 47.6. The maximum absolute atomic E-state index is 13.2. The minimum absolute atomic E-state index is 0.107. The number of aromatic nitrogens is 2. The van der Waals surface area contributed by atoms with E-state index < -0.39 is 6.03 Å². The normalized spacial score (nSPS) is 16.5. The van der Waals surface area contributed by atoms with E-state index in [-0.39, 0.29) is 24.1 Å². The van der Waals surface area contributed by atoms with E-state index in [0.717, 1.165) is 24.0 Å². The molecular formula is C26H30N6O5. The molecule has 37 heavy (non-hydrogen) atoms. The van der Waals surface area contributed by atoms with Crippen LogP contribution < -0.4 is 15.5 Å². The summed E-state index contributed by atoms with van der Waals surface area (Å²) in [5.74, 6) is 0.457. The van der Waals surface area contributed by atoms with Crippen LogP contribution in [0.4, 0.5) is 16.4 Å². The third-order valence-electron chi connectivity index (χ3n) is 6.52. The number of urea groups is 1. The lowest BCUT2D eigenvalue weighted by Gasteiger charge is -2.29. The van der Waals surface area contributed by atoms with Gasteiger partial charge in [-0.3, -0.25) is 19.8 Å². The highest BCUT2D eigenvalue weighted by molar-refractivity contribution is 6.01. The van der Waals surface area contributed by atoms with Crippen LogP contribution in [0.15, 0.2) is 18.3 Å². The average Bonchev–Trinajstić information content (AvgIpc) is 3.46. The Kier molecular flexibility index (Phi) is 8.77.